The van der Waals surface area contributed by atoms with Crippen LogP contribution in [0.4, 0.5) is 5.95 Å². The van der Waals surface area contributed by atoms with Crippen LogP contribution in [0.15, 0.2) is 65.8 Å². The van der Waals surface area contributed by atoms with E-state index in [1.165, 1.54) is 6.26 Å². The van der Waals surface area contributed by atoms with E-state index >= 15 is 0 Å². The molecule has 0 atom stereocenters. The quantitative estimate of drug-likeness (QED) is 0.530. The Hall–Kier alpha value is -2.93. The lowest BCUT2D eigenvalue weighted by Crippen LogP contribution is -2.36. The zero-order valence-electron chi connectivity index (χ0n) is 18.6. The molecule has 1 fully saturated rings. The normalized spacial score (nSPS) is 15.0. The molecule has 0 saturated carbocycles. The van der Waals surface area contributed by atoms with Crippen LogP contribution in [0.3, 0.4) is 0 Å². The smallest absolute Gasteiger partial charge is 0.225 e. The highest BCUT2D eigenvalue weighted by Crippen LogP contribution is 2.26. The van der Waals surface area contributed by atoms with Gasteiger partial charge in [0, 0.05) is 31.7 Å². The Labute approximate surface area is 190 Å². The van der Waals surface area contributed by atoms with E-state index in [0.717, 1.165) is 60.7 Å². The zero-order valence-corrected chi connectivity index (χ0v) is 19.4. The van der Waals surface area contributed by atoms with Crippen LogP contribution in [0.25, 0.3) is 11.1 Å². The lowest BCUT2D eigenvalue weighted by atomic mass is 9.98. The summed E-state index contributed by atoms with van der Waals surface area (Å²) >= 11 is 0. The van der Waals surface area contributed by atoms with Gasteiger partial charge in [-0.15, -0.1) is 0 Å². The SMILES string of the molecule is CCc1cnc(N2CCC(COc3ccc(-c4ccc(S(C)(=O)=O)cc4)cc3)CC2)nc1. The molecule has 0 amide bonds. The summed E-state index contributed by atoms with van der Waals surface area (Å²) in [6.07, 6.45) is 8.13. The first kappa shape index (κ1) is 22.3. The van der Waals surface area contributed by atoms with E-state index in [4.69, 9.17) is 4.74 Å². The van der Waals surface area contributed by atoms with Gasteiger partial charge in [-0.1, -0.05) is 31.2 Å². The van der Waals surface area contributed by atoms with Gasteiger partial charge in [-0.05, 0) is 66.1 Å². The lowest BCUT2D eigenvalue weighted by molar-refractivity contribution is 0.222. The van der Waals surface area contributed by atoms with Gasteiger partial charge in [0.1, 0.15) is 5.75 Å². The maximum absolute atomic E-state index is 11.6. The second-order valence-corrected chi connectivity index (χ2v) is 10.3. The lowest BCUT2D eigenvalue weighted by Gasteiger charge is -2.31. The highest BCUT2D eigenvalue weighted by Gasteiger charge is 2.21. The standard InChI is InChI=1S/C25H29N3O3S/c1-3-19-16-26-25(27-17-19)28-14-12-20(13-15-28)18-31-23-8-4-21(5-9-23)22-6-10-24(11-7-22)32(2,29)30/h4-11,16-17,20H,3,12-15,18H2,1-2H3. The summed E-state index contributed by atoms with van der Waals surface area (Å²) in [6, 6.07) is 14.9. The molecule has 1 aromatic heterocycles. The second-order valence-electron chi connectivity index (χ2n) is 8.31. The fraction of sp³-hybridized carbons (Fsp3) is 0.360. The number of ether oxygens (including phenoxy) is 1. The van der Waals surface area contributed by atoms with Crippen molar-refractivity contribution in [1.82, 2.24) is 9.97 Å². The molecule has 0 radical (unpaired) electrons. The molecule has 1 aliphatic rings. The third kappa shape index (κ3) is 5.46. The third-order valence-corrected chi connectivity index (χ3v) is 7.08. The Morgan fingerprint density at radius 2 is 1.50 bits per heavy atom. The topological polar surface area (TPSA) is 72.4 Å². The maximum atomic E-state index is 11.6. The number of sulfone groups is 1. The van der Waals surface area contributed by atoms with Crippen molar-refractivity contribution in [2.75, 3.05) is 30.9 Å². The Bertz CT molecular complexity index is 1120. The molecule has 0 aliphatic carbocycles. The van der Waals surface area contributed by atoms with Gasteiger partial charge in [-0.2, -0.15) is 0 Å². The molecule has 6 nitrogen and oxygen atoms in total. The second kappa shape index (κ2) is 9.69. The molecule has 168 valence electrons. The van der Waals surface area contributed by atoms with Gasteiger partial charge in [-0.3, -0.25) is 0 Å². The number of aromatic nitrogens is 2. The minimum Gasteiger partial charge on any atom is -0.493 e. The largest absolute Gasteiger partial charge is 0.493 e. The van der Waals surface area contributed by atoms with Crippen molar-refractivity contribution in [3.05, 3.63) is 66.5 Å². The number of rotatable bonds is 7. The molecule has 4 rings (SSSR count). The van der Waals surface area contributed by atoms with Gasteiger partial charge in [0.2, 0.25) is 5.95 Å². The van der Waals surface area contributed by atoms with Crippen molar-refractivity contribution in [3.63, 3.8) is 0 Å². The Morgan fingerprint density at radius 1 is 0.938 bits per heavy atom. The number of hydrogen-bond donors (Lipinski definition) is 0. The summed E-state index contributed by atoms with van der Waals surface area (Å²) in [5, 5.41) is 0. The van der Waals surface area contributed by atoms with Crippen molar-refractivity contribution in [2.24, 2.45) is 5.92 Å². The average molecular weight is 452 g/mol. The van der Waals surface area contributed by atoms with Crippen LogP contribution in [0.5, 0.6) is 5.75 Å². The van der Waals surface area contributed by atoms with Crippen molar-refractivity contribution < 1.29 is 13.2 Å². The highest BCUT2D eigenvalue weighted by molar-refractivity contribution is 7.90. The van der Waals surface area contributed by atoms with E-state index in [9.17, 15) is 8.42 Å². The van der Waals surface area contributed by atoms with E-state index < -0.39 is 9.84 Å². The summed E-state index contributed by atoms with van der Waals surface area (Å²) in [6.45, 7) is 4.70. The van der Waals surface area contributed by atoms with Crippen LogP contribution in [0.1, 0.15) is 25.3 Å². The van der Waals surface area contributed by atoms with Crippen LogP contribution < -0.4 is 9.64 Å². The number of nitrogens with zero attached hydrogens (tertiary/aromatic N) is 3. The van der Waals surface area contributed by atoms with Gasteiger partial charge in [0.15, 0.2) is 9.84 Å². The molecule has 0 bridgehead atoms. The molecular weight excluding hydrogens is 422 g/mol. The molecule has 0 unspecified atom stereocenters. The van der Waals surface area contributed by atoms with Crippen LogP contribution in [0, 0.1) is 5.92 Å². The summed E-state index contributed by atoms with van der Waals surface area (Å²) in [5.41, 5.74) is 3.17. The fourth-order valence-corrected chi connectivity index (χ4v) is 4.48. The van der Waals surface area contributed by atoms with E-state index in [0.29, 0.717) is 17.4 Å². The number of anilines is 1. The monoisotopic (exact) mass is 451 g/mol. The van der Waals surface area contributed by atoms with Gasteiger partial charge >= 0.3 is 0 Å². The Morgan fingerprint density at radius 3 is 2.03 bits per heavy atom. The predicted octanol–water partition coefficient (Wildman–Crippen LogP) is 4.40. The van der Waals surface area contributed by atoms with Crippen molar-refractivity contribution >= 4 is 15.8 Å². The number of benzene rings is 2. The predicted molar refractivity (Wildman–Crippen MR) is 127 cm³/mol. The van der Waals surface area contributed by atoms with Gasteiger partial charge in [0.05, 0.1) is 11.5 Å². The maximum Gasteiger partial charge on any atom is 0.225 e. The Kier molecular flexibility index (Phi) is 6.74. The fourth-order valence-electron chi connectivity index (χ4n) is 3.85. The van der Waals surface area contributed by atoms with Crippen LogP contribution in [0.2, 0.25) is 0 Å². The van der Waals surface area contributed by atoms with Crippen LogP contribution in [-0.2, 0) is 16.3 Å². The molecule has 0 spiro atoms. The number of piperidine rings is 1. The van der Waals surface area contributed by atoms with Crippen molar-refractivity contribution in [1.29, 1.82) is 0 Å². The van der Waals surface area contributed by atoms with Crippen LogP contribution in [-0.4, -0.2) is 44.3 Å². The van der Waals surface area contributed by atoms with Crippen LogP contribution >= 0.6 is 0 Å². The molecule has 7 heteroatoms. The molecular formula is C25H29N3O3S. The number of aryl methyl sites for hydroxylation is 1. The molecule has 32 heavy (non-hydrogen) atoms. The van der Waals surface area contributed by atoms with Crippen molar-refractivity contribution in [2.45, 2.75) is 31.1 Å². The summed E-state index contributed by atoms with van der Waals surface area (Å²) in [5.74, 6) is 2.19. The summed E-state index contributed by atoms with van der Waals surface area (Å²) in [4.78, 5) is 11.6. The molecule has 0 N–H and O–H groups in total. The van der Waals surface area contributed by atoms with E-state index in [2.05, 4.69) is 21.8 Å². The molecule has 1 aliphatic heterocycles. The molecule has 2 aromatic carbocycles. The first-order chi connectivity index (χ1) is 15.4. The Balaban J connectivity index is 1.27. The highest BCUT2D eigenvalue weighted by atomic mass is 32.2. The minimum absolute atomic E-state index is 0.330. The molecule has 2 heterocycles. The molecule has 1 saturated heterocycles. The third-order valence-electron chi connectivity index (χ3n) is 5.95. The van der Waals surface area contributed by atoms with Gasteiger partial charge in [-0.25, -0.2) is 18.4 Å². The van der Waals surface area contributed by atoms with E-state index in [-0.39, 0.29) is 0 Å². The zero-order chi connectivity index (χ0) is 22.6. The van der Waals surface area contributed by atoms with Gasteiger partial charge < -0.3 is 9.64 Å². The van der Waals surface area contributed by atoms with E-state index in [1.807, 2.05) is 48.8 Å². The van der Waals surface area contributed by atoms with Crippen molar-refractivity contribution in [3.8, 4) is 16.9 Å². The first-order valence-electron chi connectivity index (χ1n) is 11.0. The number of hydrogen-bond acceptors (Lipinski definition) is 6. The minimum atomic E-state index is -3.18. The van der Waals surface area contributed by atoms with Gasteiger partial charge in [0.25, 0.3) is 0 Å². The molecule has 3 aromatic rings. The first-order valence-corrected chi connectivity index (χ1v) is 12.9. The summed E-state index contributed by atoms with van der Waals surface area (Å²) in [7, 11) is -3.18. The van der Waals surface area contributed by atoms with E-state index in [1.54, 1.807) is 12.1 Å². The summed E-state index contributed by atoms with van der Waals surface area (Å²) < 4.78 is 29.3. The average Bonchev–Trinajstić information content (AvgIpc) is 2.83.